The number of amides is 3. The highest BCUT2D eigenvalue weighted by Crippen LogP contribution is 1.97. The first-order valence-corrected chi connectivity index (χ1v) is 7.38. The van der Waals surface area contributed by atoms with Gasteiger partial charge in [0.25, 0.3) is 0 Å². The van der Waals surface area contributed by atoms with Crippen molar-refractivity contribution in [2.45, 2.75) is 31.0 Å². The SMILES string of the molecule is NC(CC(=O)O)C(=O)NC(CC(=O)O)C(=O)NCC(=O)NC(CO)C(=O)O. The second-order valence-corrected chi connectivity index (χ2v) is 5.22. The van der Waals surface area contributed by atoms with Gasteiger partial charge in [-0.05, 0) is 0 Å². The summed E-state index contributed by atoms with van der Waals surface area (Å²) in [5, 5.41) is 40.6. The lowest BCUT2D eigenvalue weighted by atomic mass is 10.1. The average Bonchev–Trinajstić information content (AvgIpc) is 2.55. The summed E-state index contributed by atoms with van der Waals surface area (Å²) in [6.45, 7) is -1.66. The molecule has 0 rings (SSSR count). The van der Waals surface area contributed by atoms with Crippen LogP contribution in [-0.2, 0) is 28.8 Å². The minimum Gasteiger partial charge on any atom is -0.481 e. The van der Waals surface area contributed by atoms with Crippen LogP contribution in [0.5, 0.6) is 0 Å². The van der Waals surface area contributed by atoms with Crippen molar-refractivity contribution >= 4 is 35.6 Å². The third-order valence-electron chi connectivity index (χ3n) is 2.98. The molecule has 0 aliphatic heterocycles. The van der Waals surface area contributed by atoms with Gasteiger partial charge in [-0.15, -0.1) is 0 Å². The van der Waals surface area contributed by atoms with Crippen LogP contribution >= 0.6 is 0 Å². The van der Waals surface area contributed by atoms with Gasteiger partial charge in [0, 0.05) is 0 Å². The predicted molar refractivity (Wildman–Crippen MR) is 84.1 cm³/mol. The molecule has 0 aliphatic rings. The Labute approximate surface area is 151 Å². The fraction of sp³-hybridized carbons (Fsp3) is 0.538. The Balaban J connectivity index is 4.80. The Kier molecular flexibility index (Phi) is 10.0. The molecule has 14 heteroatoms. The molecular weight excluding hydrogens is 372 g/mol. The number of carboxylic acid groups (broad SMARTS) is 3. The summed E-state index contributed by atoms with van der Waals surface area (Å²) in [7, 11) is 0. The second kappa shape index (κ2) is 11.4. The van der Waals surface area contributed by atoms with E-state index in [2.05, 4.69) is 0 Å². The summed E-state index contributed by atoms with van der Waals surface area (Å²) in [6.07, 6.45) is -1.64. The Morgan fingerprint density at radius 3 is 1.81 bits per heavy atom. The maximum atomic E-state index is 12.0. The van der Waals surface area contributed by atoms with E-state index < -0.39 is 79.7 Å². The quantitative estimate of drug-likeness (QED) is 0.157. The molecule has 0 aromatic carbocycles. The maximum Gasteiger partial charge on any atom is 0.328 e. The molecule has 0 saturated heterocycles. The molecule has 0 aromatic rings. The second-order valence-electron chi connectivity index (χ2n) is 5.22. The zero-order valence-electron chi connectivity index (χ0n) is 13.9. The number of hydrogen-bond donors (Lipinski definition) is 8. The van der Waals surface area contributed by atoms with Crippen LogP contribution in [0.15, 0.2) is 0 Å². The molecule has 3 amide bonds. The first-order chi connectivity index (χ1) is 12.5. The summed E-state index contributed by atoms with van der Waals surface area (Å²) in [5.74, 6) is -7.55. The van der Waals surface area contributed by atoms with E-state index in [9.17, 15) is 28.8 Å². The van der Waals surface area contributed by atoms with Crippen molar-refractivity contribution in [1.82, 2.24) is 16.0 Å². The molecular formula is C13H20N4O10. The highest BCUT2D eigenvalue weighted by Gasteiger charge is 2.27. The minimum atomic E-state index is -1.66. The Morgan fingerprint density at radius 2 is 1.37 bits per heavy atom. The predicted octanol–water partition coefficient (Wildman–Crippen LogP) is -4.57. The zero-order valence-corrected chi connectivity index (χ0v) is 13.9. The lowest BCUT2D eigenvalue weighted by Crippen LogP contribution is -2.54. The van der Waals surface area contributed by atoms with Crippen molar-refractivity contribution in [2.75, 3.05) is 13.2 Å². The van der Waals surface area contributed by atoms with Crippen LogP contribution in [0, 0.1) is 0 Å². The fourth-order valence-corrected chi connectivity index (χ4v) is 1.66. The lowest BCUT2D eigenvalue weighted by Gasteiger charge is -2.19. The summed E-state index contributed by atoms with van der Waals surface area (Å²) < 4.78 is 0. The summed E-state index contributed by atoms with van der Waals surface area (Å²) in [4.78, 5) is 67.2. The monoisotopic (exact) mass is 392 g/mol. The van der Waals surface area contributed by atoms with E-state index in [4.69, 9.17) is 26.2 Å². The van der Waals surface area contributed by atoms with Gasteiger partial charge >= 0.3 is 17.9 Å². The molecule has 27 heavy (non-hydrogen) atoms. The van der Waals surface area contributed by atoms with Gasteiger partial charge in [-0.25, -0.2) is 4.79 Å². The normalized spacial score (nSPS) is 13.6. The molecule has 3 atom stereocenters. The lowest BCUT2D eigenvalue weighted by molar-refractivity contribution is -0.143. The molecule has 0 saturated carbocycles. The van der Waals surface area contributed by atoms with Gasteiger partial charge in [-0.1, -0.05) is 0 Å². The number of nitrogens with one attached hydrogen (secondary N) is 3. The van der Waals surface area contributed by atoms with Crippen LogP contribution in [0.25, 0.3) is 0 Å². The minimum absolute atomic E-state index is 0.757. The molecule has 9 N–H and O–H groups in total. The van der Waals surface area contributed by atoms with Crippen LogP contribution in [0.1, 0.15) is 12.8 Å². The third-order valence-corrected chi connectivity index (χ3v) is 2.98. The standard InChI is InChI=1S/C13H20N4O10/c14-5(1-9(20)21)11(24)17-6(2-10(22)23)12(25)15-3-8(19)16-7(4-18)13(26)27/h5-7,18H,1-4,14H2,(H,15,25)(H,16,19)(H,17,24)(H,20,21)(H,22,23)(H,26,27). The Morgan fingerprint density at radius 1 is 0.815 bits per heavy atom. The molecule has 0 radical (unpaired) electrons. The average molecular weight is 392 g/mol. The Hall–Kier alpha value is -3.26. The zero-order chi connectivity index (χ0) is 21.1. The molecule has 0 heterocycles. The van der Waals surface area contributed by atoms with E-state index in [1.54, 1.807) is 0 Å². The van der Waals surface area contributed by atoms with Crippen molar-refractivity contribution in [3.63, 3.8) is 0 Å². The van der Waals surface area contributed by atoms with E-state index in [0.717, 1.165) is 0 Å². The smallest absolute Gasteiger partial charge is 0.328 e. The van der Waals surface area contributed by atoms with Crippen molar-refractivity contribution in [1.29, 1.82) is 0 Å². The van der Waals surface area contributed by atoms with Crippen molar-refractivity contribution in [2.24, 2.45) is 5.73 Å². The van der Waals surface area contributed by atoms with Crippen molar-refractivity contribution < 1.29 is 49.2 Å². The third kappa shape index (κ3) is 9.71. The summed E-state index contributed by atoms with van der Waals surface area (Å²) in [5.41, 5.74) is 5.30. The highest BCUT2D eigenvalue weighted by molar-refractivity contribution is 5.95. The number of aliphatic carboxylic acids is 3. The van der Waals surface area contributed by atoms with Gasteiger partial charge in [0.15, 0.2) is 0 Å². The largest absolute Gasteiger partial charge is 0.481 e. The van der Waals surface area contributed by atoms with Gasteiger partial charge in [0.2, 0.25) is 17.7 Å². The number of rotatable bonds is 12. The van der Waals surface area contributed by atoms with Crippen molar-refractivity contribution in [3.05, 3.63) is 0 Å². The highest BCUT2D eigenvalue weighted by atomic mass is 16.4. The molecule has 3 unspecified atom stereocenters. The number of nitrogens with two attached hydrogens (primary N) is 1. The number of carboxylic acids is 3. The topological polar surface area (TPSA) is 245 Å². The van der Waals surface area contributed by atoms with Gasteiger partial charge in [-0.3, -0.25) is 24.0 Å². The number of aliphatic hydroxyl groups is 1. The number of aliphatic hydroxyl groups excluding tert-OH is 1. The van der Waals surface area contributed by atoms with Crippen LogP contribution < -0.4 is 21.7 Å². The number of carbonyl (C=O) groups excluding carboxylic acids is 3. The first-order valence-electron chi connectivity index (χ1n) is 7.38. The summed E-state index contributed by atoms with van der Waals surface area (Å²) in [6, 6.07) is -4.79. The molecule has 0 spiro atoms. The van der Waals surface area contributed by atoms with Crippen LogP contribution in [0.4, 0.5) is 0 Å². The van der Waals surface area contributed by atoms with Gasteiger partial charge in [-0.2, -0.15) is 0 Å². The van der Waals surface area contributed by atoms with Crippen LogP contribution in [-0.4, -0.2) is 87.3 Å². The van der Waals surface area contributed by atoms with Gasteiger partial charge in [0.1, 0.15) is 12.1 Å². The molecule has 14 nitrogen and oxygen atoms in total. The molecule has 0 aromatic heterocycles. The number of hydrogen-bond acceptors (Lipinski definition) is 8. The van der Waals surface area contributed by atoms with E-state index in [1.165, 1.54) is 0 Å². The van der Waals surface area contributed by atoms with Crippen LogP contribution in [0.2, 0.25) is 0 Å². The molecule has 0 bridgehead atoms. The molecule has 0 aliphatic carbocycles. The Bertz CT molecular complexity index is 608. The van der Waals surface area contributed by atoms with E-state index in [0.29, 0.717) is 0 Å². The molecule has 0 fully saturated rings. The number of carbonyl (C=O) groups is 6. The summed E-state index contributed by atoms with van der Waals surface area (Å²) >= 11 is 0. The fourth-order valence-electron chi connectivity index (χ4n) is 1.66. The van der Waals surface area contributed by atoms with Crippen molar-refractivity contribution in [3.8, 4) is 0 Å². The first kappa shape index (κ1) is 23.7. The van der Waals surface area contributed by atoms with E-state index >= 15 is 0 Å². The van der Waals surface area contributed by atoms with Crippen LogP contribution in [0.3, 0.4) is 0 Å². The van der Waals surface area contributed by atoms with E-state index in [1.807, 2.05) is 16.0 Å². The van der Waals surface area contributed by atoms with Gasteiger partial charge < -0.3 is 42.1 Å². The van der Waals surface area contributed by atoms with Gasteiger partial charge in [0.05, 0.1) is 32.0 Å². The van der Waals surface area contributed by atoms with E-state index in [-0.39, 0.29) is 0 Å². The maximum absolute atomic E-state index is 12.0. The molecule has 152 valence electrons.